The SMILES string of the molecule is CN=C(NCCN1CCc2ccccc2C1)N(C)Cc1ccc(OC)cc1.I. The second kappa shape index (κ2) is 11.3. The van der Waals surface area contributed by atoms with Crippen molar-refractivity contribution < 1.29 is 4.74 Å². The standard InChI is InChI=1S/C22H30N4O.HI/c1-23-22(25(2)16-18-8-10-21(27-3)11-9-18)24-13-15-26-14-12-19-6-4-5-7-20(19)17-26;/h4-11H,12-17H2,1-3H3,(H,23,24);1H. The molecule has 0 saturated carbocycles. The number of halogens is 1. The Hall–Kier alpha value is -1.80. The van der Waals surface area contributed by atoms with Gasteiger partial charge in [-0.15, -0.1) is 24.0 Å². The number of nitrogens with one attached hydrogen (secondary N) is 1. The Morgan fingerprint density at radius 2 is 1.86 bits per heavy atom. The molecule has 1 heterocycles. The third-order valence-electron chi connectivity index (χ3n) is 5.07. The molecule has 0 bridgehead atoms. The first-order valence-electron chi connectivity index (χ1n) is 9.53. The van der Waals surface area contributed by atoms with Gasteiger partial charge in [0, 0.05) is 46.8 Å². The van der Waals surface area contributed by atoms with Gasteiger partial charge in [0.05, 0.1) is 7.11 Å². The van der Waals surface area contributed by atoms with Crippen LogP contribution < -0.4 is 10.1 Å². The van der Waals surface area contributed by atoms with E-state index in [1.807, 2.05) is 19.2 Å². The molecule has 0 saturated heterocycles. The van der Waals surface area contributed by atoms with Gasteiger partial charge in [-0.25, -0.2) is 0 Å². The molecule has 6 heteroatoms. The van der Waals surface area contributed by atoms with E-state index in [-0.39, 0.29) is 24.0 Å². The molecule has 152 valence electrons. The van der Waals surface area contributed by atoms with Gasteiger partial charge < -0.3 is 15.0 Å². The fraction of sp³-hybridized carbons (Fsp3) is 0.409. The molecule has 5 nitrogen and oxygen atoms in total. The number of aliphatic imine (C=N–C) groups is 1. The van der Waals surface area contributed by atoms with Crippen molar-refractivity contribution >= 4 is 29.9 Å². The summed E-state index contributed by atoms with van der Waals surface area (Å²) in [7, 11) is 5.59. The molecule has 0 radical (unpaired) electrons. The molecule has 0 unspecified atom stereocenters. The summed E-state index contributed by atoms with van der Waals surface area (Å²) in [4.78, 5) is 9.08. The number of hydrogen-bond donors (Lipinski definition) is 1. The van der Waals surface area contributed by atoms with Gasteiger partial charge in [0.15, 0.2) is 5.96 Å². The molecule has 28 heavy (non-hydrogen) atoms. The number of guanidine groups is 1. The van der Waals surface area contributed by atoms with Gasteiger partial charge in [0.1, 0.15) is 5.75 Å². The Labute approximate surface area is 185 Å². The second-order valence-corrected chi connectivity index (χ2v) is 6.97. The molecular formula is C22H31IN4O. The molecule has 0 aromatic heterocycles. The lowest BCUT2D eigenvalue weighted by Crippen LogP contribution is -2.43. The number of fused-ring (bicyclic) bond motifs is 1. The number of ether oxygens (including phenoxy) is 1. The fourth-order valence-corrected chi connectivity index (χ4v) is 3.54. The maximum Gasteiger partial charge on any atom is 0.193 e. The smallest absolute Gasteiger partial charge is 0.193 e. The Morgan fingerprint density at radius 1 is 1.14 bits per heavy atom. The maximum atomic E-state index is 5.22. The van der Waals surface area contributed by atoms with E-state index in [0.717, 1.165) is 50.9 Å². The lowest BCUT2D eigenvalue weighted by molar-refractivity contribution is 0.257. The van der Waals surface area contributed by atoms with Gasteiger partial charge in [-0.3, -0.25) is 9.89 Å². The highest BCUT2D eigenvalue weighted by Crippen LogP contribution is 2.17. The van der Waals surface area contributed by atoms with Crippen molar-refractivity contribution in [3.63, 3.8) is 0 Å². The van der Waals surface area contributed by atoms with Crippen molar-refractivity contribution in [3.8, 4) is 5.75 Å². The molecule has 0 spiro atoms. The summed E-state index contributed by atoms with van der Waals surface area (Å²) >= 11 is 0. The van der Waals surface area contributed by atoms with Crippen LogP contribution in [0.3, 0.4) is 0 Å². The van der Waals surface area contributed by atoms with E-state index in [0.29, 0.717) is 0 Å². The Balaban J connectivity index is 0.00000280. The molecule has 3 rings (SSSR count). The van der Waals surface area contributed by atoms with Gasteiger partial charge in [-0.05, 0) is 35.2 Å². The highest BCUT2D eigenvalue weighted by Gasteiger charge is 2.15. The fourth-order valence-electron chi connectivity index (χ4n) is 3.54. The molecule has 0 atom stereocenters. The quantitative estimate of drug-likeness (QED) is 0.380. The molecule has 2 aromatic carbocycles. The summed E-state index contributed by atoms with van der Waals surface area (Å²) in [5.74, 6) is 1.80. The zero-order chi connectivity index (χ0) is 19.1. The topological polar surface area (TPSA) is 40.1 Å². The summed E-state index contributed by atoms with van der Waals surface area (Å²) in [6.45, 7) is 4.88. The number of hydrogen-bond acceptors (Lipinski definition) is 3. The largest absolute Gasteiger partial charge is 0.497 e. The van der Waals surface area contributed by atoms with Crippen LogP contribution in [0.1, 0.15) is 16.7 Å². The van der Waals surface area contributed by atoms with Crippen LogP contribution in [0.25, 0.3) is 0 Å². The van der Waals surface area contributed by atoms with Gasteiger partial charge in [0.2, 0.25) is 0 Å². The van der Waals surface area contributed by atoms with E-state index < -0.39 is 0 Å². The first-order valence-corrected chi connectivity index (χ1v) is 9.53. The zero-order valence-electron chi connectivity index (χ0n) is 17.0. The third kappa shape index (κ3) is 6.10. The lowest BCUT2D eigenvalue weighted by atomic mass is 10.00. The van der Waals surface area contributed by atoms with E-state index in [4.69, 9.17) is 4.74 Å². The lowest BCUT2D eigenvalue weighted by Gasteiger charge is -2.29. The van der Waals surface area contributed by atoms with Gasteiger partial charge in [-0.2, -0.15) is 0 Å². The summed E-state index contributed by atoms with van der Waals surface area (Å²) in [6, 6.07) is 16.9. The predicted octanol–water partition coefficient (Wildman–Crippen LogP) is 3.38. The van der Waals surface area contributed by atoms with Crippen molar-refractivity contribution in [2.24, 2.45) is 4.99 Å². The number of benzene rings is 2. The molecule has 1 aliphatic heterocycles. The van der Waals surface area contributed by atoms with Crippen LogP contribution in [-0.2, 0) is 19.5 Å². The maximum absolute atomic E-state index is 5.22. The minimum atomic E-state index is 0. The average Bonchev–Trinajstić information content (AvgIpc) is 2.71. The van der Waals surface area contributed by atoms with Crippen molar-refractivity contribution in [1.82, 2.24) is 15.1 Å². The van der Waals surface area contributed by atoms with E-state index in [1.165, 1.54) is 16.7 Å². The van der Waals surface area contributed by atoms with E-state index in [2.05, 4.69) is 63.6 Å². The number of rotatable bonds is 6. The van der Waals surface area contributed by atoms with Crippen LogP contribution in [0, 0.1) is 0 Å². The highest BCUT2D eigenvalue weighted by molar-refractivity contribution is 14.0. The molecule has 1 N–H and O–H groups in total. The second-order valence-electron chi connectivity index (χ2n) is 6.97. The summed E-state index contributed by atoms with van der Waals surface area (Å²) in [5.41, 5.74) is 4.19. The molecule has 0 amide bonds. The average molecular weight is 494 g/mol. The van der Waals surface area contributed by atoms with Gasteiger partial charge in [0.25, 0.3) is 0 Å². The minimum Gasteiger partial charge on any atom is -0.497 e. The predicted molar refractivity (Wildman–Crippen MR) is 127 cm³/mol. The Bertz CT molecular complexity index is 763. The Kier molecular flexibility index (Phi) is 9.05. The Morgan fingerprint density at radius 3 is 2.54 bits per heavy atom. The van der Waals surface area contributed by atoms with E-state index >= 15 is 0 Å². The van der Waals surface area contributed by atoms with Crippen LogP contribution in [0.2, 0.25) is 0 Å². The highest BCUT2D eigenvalue weighted by atomic mass is 127. The van der Waals surface area contributed by atoms with Crippen molar-refractivity contribution in [2.75, 3.05) is 40.8 Å². The van der Waals surface area contributed by atoms with Crippen molar-refractivity contribution in [1.29, 1.82) is 0 Å². The van der Waals surface area contributed by atoms with Gasteiger partial charge in [-0.1, -0.05) is 36.4 Å². The third-order valence-corrected chi connectivity index (χ3v) is 5.07. The van der Waals surface area contributed by atoms with E-state index in [1.54, 1.807) is 7.11 Å². The number of methoxy groups -OCH3 is 1. The molecule has 0 fully saturated rings. The van der Waals surface area contributed by atoms with Gasteiger partial charge >= 0.3 is 0 Å². The van der Waals surface area contributed by atoms with E-state index in [9.17, 15) is 0 Å². The van der Waals surface area contributed by atoms with Crippen LogP contribution in [0.5, 0.6) is 5.75 Å². The zero-order valence-corrected chi connectivity index (χ0v) is 19.3. The van der Waals surface area contributed by atoms with Crippen LogP contribution in [-0.4, -0.2) is 56.6 Å². The molecule has 0 aliphatic carbocycles. The van der Waals surface area contributed by atoms with Crippen LogP contribution in [0.4, 0.5) is 0 Å². The number of nitrogens with zero attached hydrogens (tertiary/aromatic N) is 3. The van der Waals surface area contributed by atoms with Crippen LogP contribution >= 0.6 is 24.0 Å². The molecule has 2 aromatic rings. The van der Waals surface area contributed by atoms with Crippen molar-refractivity contribution in [3.05, 3.63) is 65.2 Å². The monoisotopic (exact) mass is 494 g/mol. The molecular weight excluding hydrogens is 463 g/mol. The summed E-state index contributed by atoms with van der Waals surface area (Å²) in [5, 5.41) is 3.49. The van der Waals surface area contributed by atoms with Crippen molar-refractivity contribution in [2.45, 2.75) is 19.5 Å². The van der Waals surface area contributed by atoms with Crippen LogP contribution in [0.15, 0.2) is 53.5 Å². The normalized spacial score (nSPS) is 14.0. The summed E-state index contributed by atoms with van der Waals surface area (Å²) < 4.78 is 5.22. The molecule has 1 aliphatic rings. The summed E-state index contributed by atoms with van der Waals surface area (Å²) in [6.07, 6.45) is 1.14. The minimum absolute atomic E-state index is 0. The first kappa shape index (κ1) is 22.5. The first-order chi connectivity index (χ1) is 13.2.